The molecule has 18 heavy (non-hydrogen) atoms. The van der Waals surface area contributed by atoms with Crippen LogP contribution in [0.15, 0.2) is 18.3 Å². The molecule has 0 aromatic carbocycles. The van der Waals surface area contributed by atoms with E-state index in [4.69, 9.17) is 4.74 Å². The second-order valence-corrected chi connectivity index (χ2v) is 5.34. The predicted molar refractivity (Wildman–Crippen MR) is 69.6 cm³/mol. The molecule has 1 unspecified atom stereocenters. The van der Waals surface area contributed by atoms with Crippen LogP contribution in [-0.4, -0.2) is 22.5 Å². The van der Waals surface area contributed by atoms with E-state index in [2.05, 4.69) is 9.97 Å². The van der Waals surface area contributed by atoms with Crippen molar-refractivity contribution in [3.05, 3.63) is 28.9 Å². The molecule has 0 fully saturated rings. The minimum atomic E-state index is -0.167. The van der Waals surface area contributed by atoms with Gasteiger partial charge in [-0.25, -0.2) is 4.98 Å². The number of aromatic amines is 1. The van der Waals surface area contributed by atoms with Gasteiger partial charge < -0.3 is 9.72 Å². The lowest BCUT2D eigenvalue weighted by Crippen LogP contribution is -2.14. The molecule has 1 N–H and O–H groups in total. The second-order valence-electron chi connectivity index (χ2n) is 4.25. The lowest BCUT2D eigenvalue weighted by molar-refractivity contribution is -0.145. The summed E-state index contributed by atoms with van der Waals surface area (Å²) >= 11 is 1.67. The van der Waals surface area contributed by atoms with Crippen LogP contribution in [-0.2, 0) is 16.0 Å². The maximum Gasteiger partial charge on any atom is 0.315 e. The molecule has 94 valence electrons. The van der Waals surface area contributed by atoms with Crippen LogP contribution in [0.4, 0.5) is 0 Å². The Kier molecular flexibility index (Phi) is 2.91. The number of fused-ring (bicyclic) bond motifs is 1. The third kappa shape index (κ3) is 1.84. The maximum absolute atomic E-state index is 11.8. The fraction of sp³-hybridized carbons (Fsp3) is 0.385. The Morgan fingerprint density at radius 3 is 3.28 bits per heavy atom. The van der Waals surface area contributed by atoms with Gasteiger partial charge in [-0.1, -0.05) is 0 Å². The Morgan fingerprint density at radius 2 is 2.56 bits per heavy atom. The van der Waals surface area contributed by atoms with E-state index in [-0.39, 0.29) is 11.9 Å². The summed E-state index contributed by atoms with van der Waals surface area (Å²) in [5, 5.41) is 0.957. The highest BCUT2D eigenvalue weighted by Gasteiger charge is 2.33. The van der Waals surface area contributed by atoms with E-state index < -0.39 is 0 Å². The first kappa shape index (κ1) is 11.5. The van der Waals surface area contributed by atoms with Crippen molar-refractivity contribution in [1.29, 1.82) is 0 Å². The second kappa shape index (κ2) is 4.57. The zero-order chi connectivity index (χ0) is 12.5. The third-order valence-electron chi connectivity index (χ3n) is 3.12. The summed E-state index contributed by atoms with van der Waals surface area (Å²) in [5.74, 6) is -0.306. The molecule has 0 spiro atoms. The fourth-order valence-corrected chi connectivity index (χ4v) is 3.40. The molecule has 0 radical (unpaired) electrons. The molecule has 0 bridgehead atoms. The van der Waals surface area contributed by atoms with Crippen LogP contribution < -0.4 is 0 Å². The van der Waals surface area contributed by atoms with Crippen LogP contribution in [0.5, 0.6) is 0 Å². The van der Waals surface area contributed by atoms with Crippen LogP contribution in [0.1, 0.15) is 29.8 Å². The molecule has 5 heteroatoms. The molecule has 0 saturated heterocycles. The van der Waals surface area contributed by atoms with Crippen LogP contribution in [0, 0.1) is 0 Å². The summed E-state index contributed by atoms with van der Waals surface area (Å²) in [6.07, 6.45) is 3.64. The van der Waals surface area contributed by atoms with Crippen molar-refractivity contribution in [2.45, 2.75) is 25.7 Å². The van der Waals surface area contributed by atoms with Gasteiger partial charge in [-0.15, -0.1) is 11.3 Å². The smallest absolute Gasteiger partial charge is 0.315 e. The fourth-order valence-electron chi connectivity index (χ4n) is 2.28. The molecule has 0 amide bonds. The quantitative estimate of drug-likeness (QED) is 0.865. The molecular weight excluding hydrogens is 248 g/mol. The summed E-state index contributed by atoms with van der Waals surface area (Å²) in [6, 6.07) is 3.94. The van der Waals surface area contributed by atoms with Gasteiger partial charge in [0, 0.05) is 11.1 Å². The Labute approximate surface area is 109 Å². The number of hydrogen-bond donors (Lipinski definition) is 1. The van der Waals surface area contributed by atoms with Crippen molar-refractivity contribution >= 4 is 17.3 Å². The lowest BCUT2D eigenvalue weighted by Gasteiger charge is -2.07. The summed E-state index contributed by atoms with van der Waals surface area (Å²) in [4.78, 5) is 20.8. The highest BCUT2D eigenvalue weighted by atomic mass is 32.1. The van der Waals surface area contributed by atoms with Crippen molar-refractivity contribution in [2.24, 2.45) is 0 Å². The van der Waals surface area contributed by atoms with Crippen molar-refractivity contribution in [1.82, 2.24) is 9.97 Å². The Hall–Kier alpha value is -1.62. The van der Waals surface area contributed by atoms with Crippen molar-refractivity contribution in [2.75, 3.05) is 6.61 Å². The summed E-state index contributed by atoms with van der Waals surface area (Å²) in [7, 11) is 0. The van der Waals surface area contributed by atoms with E-state index in [1.807, 2.05) is 25.3 Å². The van der Waals surface area contributed by atoms with Crippen LogP contribution in [0.3, 0.4) is 0 Å². The van der Waals surface area contributed by atoms with E-state index in [0.717, 1.165) is 29.2 Å². The number of H-pyrrole nitrogens is 1. The van der Waals surface area contributed by atoms with Gasteiger partial charge in [0.25, 0.3) is 0 Å². The number of thiazole rings is 1. The van der Waals surface area contributed by atoms with E-state index in [9.17, 15) is 4.79 Å². The normalized spacial score (nSPS) is 17.7. The van der Waals surface area contributed by atoms with E-state index in [1.54, 1.807) is 11.3 Å². The standard InChI is InChI=1S/C13H14N2O2S/c1-2-17-13(16)8-5-6-10-11(8)15-12(18-10)9-4-3-7-14-9/h3-4,7-8,14H,2,5-6H2,1H3. The van der Waals surface area contributed by atoms with Gasteiger partial charge in [-0.3, -0.25) is 4.79 Å². The number of rotatable bonds is 3. The van der Waals surface area contributed by atoms with Gasteiger partial charge in [0.15, 0.2) is 0 Å². The molecule has 2 aromatic heterocycles. The Balaban J connectivity index is 1.90. The molecule has 2 heterocycles. The molecule has 4 nitrogen and oxygen atoms in total. The van der Waals surface area contributed by atoms with Gasteiger partial charge in [-0.2, -0.15) is 0 Å². The number of aryl methyl sites for hydroxylation is 1. The van der Waals surface area contributed by atoms with Gasteiger partial charge in [0.2, 0.25) is 0 Å². The largest absolute Gasteiger partial charge is 0.465 e. The molecule has 0 aliphatic heterocycles. The number of nitrogens with one attached hydrogen (secondary N) is 1. The molecule has 1 atom stereocenters. The minimum Gasteiger partial charge on any atom is -0.465 e. The SMILES string of the molecule is CCOC(=O)C1CCc2sc(-c3ccc[nH]3)nc21. The number of aromatic nitrogens is 2. The van der Waals surface area contributed by atoms with Gasteiger partial charge in [0.1, 0.15) is 10.9 Å². The molecule has 0 saturated carbocycles. The topological polar surface area (TPSA) is 55.0 Å². The predicted octanol–water partition coefficient (Wildman–Crippen LogP) is 2.73. The maximum atomic E-state index is 11.8. The van der Waals surface area contributed by atoms with Crippen molar-refractivity contribution in [3.63, 3.8) is 0 Å². The van der Waals surface area contributed by atoms with Crippen molar-refractivity contribution < 1.29 is 9.53 Å². The number of esters is 1. The number of ether oxygens (including phenoxy) is 1. The molecule has 2 aromatic rings. The van der Waals surface area contributed by atoms with E-state index >= 15 is 0 Å². The Bertz CT molecular complexity index is 560. The first-order valence-electron chi connectivity index (χ1n) is 6.09. The average Bonchev–Trinajstić information content (AvgIpc) is 3.04. The minimum absolute atomic E-state index is 0.139. The zero-order valence-electron chi connectivity index (χ0n) is 10.1. The summed E-state index contributed by atoms with van der Waals surface area (Å²) in [5.41, 5.74) is 1.93. The van der Waals surface area contributed by atoms with Gasteiger partial charge in [0.05, 0.1) is 18.0 Å². The van der Waals surface area contributed by atoms with Crippen LogP contribution in [0.25, 0.3) is 10.7 Å². The number of hydrogen-bond acceptors (Lipinski definition) is 4. The molecule has 3 rings (SSSR count). The van der Waals surface area contributed by atoms with E-state index in [0.29, 0.717) is 6.61 Å². The van der Waals surface area contributed by atoms with Crippen molar-refractivity contribution in [3.8, 4) is 10.7 Å². The highest BCUT2D eigenvalue weighted by molar-refractivity contribution is 7.15. The zero-order valence-corrected chi connectivity index (χ0v) is 10.9. The molecule has 1 aliphatic carbocycles. The highest BCUT2D eigenvalue weighted by Crippen LogP contribution is 2.39. The first-order chi connectivity index (χ1) is 8.79. The molecular formula is C13H14N2O2S. The van der Waals surface area contributed by atoms with Gasteiger partial charge in [-0.05, 0) is 31.9 Å². The molecule has 1 aliphatic rings. The monoisotopic (exact) mass is 262 g/mol. The van der Waals surface area contributed by atoms with Crippen LogP contribution >= 0.6 is 11.3 Å². The third-order valence-corrected chi connectivity index (χ3v) is 4.28. The summed E-state index contributed by atoms with van der Waals surface area (Å²) in [6.45, 7) is 2.26. The summed E-state index contributed by atoms with van der Waals surface area (Å²) < 4.78 is 5.10. The number of carbonyl (C=O) groups is 1. The number of nitrogens with zero attached hydrogens (tertiary/aromatic N) is 1. The number of carbonyl (C=O) groups excluding carboxylic acids is 1. The Morgan fingerprint density at radius 1 is 1.67 bits per heavy atom. The van der Waals surface area contributed by atoms with Gasteiger partial charge >= 0.3 is 5.97 Å². The average molecular weight is 262 g/mol. The first-order valence-corrected chi connectivity index (χ1v) is 6.91. The van der Waals surface area contributed by atoms with Crippen LogP contribution in [0.2, 0.25) is 0 Å². The van der Waals surface area contributed by atoms with E-state index in [1.165, 1.54) is 4.88 Å². The lowest BCUT2D eigenvalue weighted by atomic mass is 10.1.